The summed E-state index contributed by atoms with van der Waals surface area (Å²) in [6.45, 7) is 3.90. The van der Waals surface area contributed by atoms with Gasteiger partial charge in [0.25, 0.3) is 5.91 Å². The van der Waals surface area contributed by atoms with Crippen LogP contribution in [0.1, 0.15) is 10.5 Å². The number of hydrogen-bond acceptors (Lipinski definition) is 4. The van der Waals surface area contributed by atoms with Gasteiger partial charge in [-0.2, -0.15) is 0 Å². The first-order chi connectivity index (χ1) is 10.8. The van der Waals surface area contributed by atoms with Crippen molar-refractivity contribution in [3.63, 3.8) is 0 Å². The number of carbonyl (C=O) groups excluding carboxylic acids is 1. The van der Waals surface area contributed by atoms with E-state index in [2.05, 4.69) is 26.8 Å². The minimum Gasteiger partial charge on any atom is -0.487 e. The van der Waals surface area contributed by atoms with Crippen LogP contribution in [0.2, 0.25) is 0 Å². The first-order valence-electron chi connectivity index (χ1n) is 6.72. The summed E-state index contributed by atoms with van der Waals surface area (Å²) < 4.78 is 5.45. The lowest BCUT2D eigenvalue weighted by atomic mass is 10.2. The summed E-state index contributed by atoms with van der Waals surface area (Å²) in [4.78, 5) is 23.7. The molecule has 0 bridgehead atoms. The zero-order valence-corrected chi connectivity index (χ0v) is 11.7. The molecule has 0 saturated heterocycles. The number of imidazole rings is 1. The number of pyridine rings is 1. The maximum Gasteiger partial charge on any atom is 0.278 e. The van der Waals surface area contributed by atoms with Crippen molar-refractivity contribution in [3.8, 4) is 5.75 Å². The Morgan fingerprint density at radius 2 is 2.23 bits per heavy atom. The number of carbonyl (C=O) groups is 1. The van der Waals surface area contributed by atoms with Crippen LogP contribution in [0.25, 0.3) is 11.0 Å². The average Bonchev–Trinajstić information content (AvgIpc) is 3.03. The van der Waals surface area contributed by atoms with Crippen LogP contribution in [0.4, 0.5) is 5.69 Å². The van der Waals surface area contributed by atoms with Crippen LogP contribution >= 0.6 is 0 Å². The van der Waals surface area contributed by atoms with Gasteiger partial charge in [0, 0.05) is 6.20 Å². The van der Waals surface area contributed by atoms with E-state index >= 15 is 0 Å². The minimum absolute atomic E-state index is 0.219. The highest BCUT2D eigenvalue weighted by Crippen LogP contribution is 2.22. The molecule has 0 aliphatic rings. The Kier molecular flexibility index (Phi) is 3.82. The van der Waals surface area contributed by atoms with Crippen molar-refractivity contribution in [2.45, 2.75) is 0 Å². The molecule has 3 aromatic rings. The number of amides is 1. The van der Waals surface area contributed by atoms with Gasteiger partial charge >= 0.3 is 0 Å². The van der Waals surface area contributed by atoms with E-state index in [1.165, 1.54) is 0 Å². The molecule has 6 heteroatoms. The largest absolute Gasteiger partial charge is 0.487 e. The number of hydrogen-bond donors (Lipinski definition) is 2. The number of aromatic amines is 1. The molecule has 2 heterocycles. The van der Waals surface area contributed by atoms with Crippen LogP contribution in [0.3, 0.4) is 0 Å². The Hall–Kier alpha value is -3.15. The highest BCUT2D eigenvalue weighted by molar-refractivity contribution is 6.08. The average molecular weight is 294 g/mol. The maximum absolute atomic E-state index is 12.4. The highest BCUT2D eigenvalue weighted by atomic mass is 16.5. The third-order valence-electron chi connectivity index (χ3n) is 3.04. The zero-order valence-electron chi connectivity index (χ0n) is 11.7. The van der Waals surface area contributed by atoms with Gasteiger partial charge < -0.3 is 15.0 Å². The summed E-state index contributed by atoms with van der Waals surface area (Å²) in [5.74, 6) is 0.0595. The quantitative estimate of drug-likeness (QED) is 0.709. The number of para-hydroxylation sites is 1. The molecule has 3 rings (SSSR count). The molecule has 0 fully saturated rings. The van der Waals surface area contributed by atoms with Crippen LogP contribution in [0.15, 0.2) is 55.5 Å². The van der Waals surface area contributed by atoms with Crippen LogP contribution in [-0.4, -0.2) is 27.5 Å². The van der Waals surface area contributed by atoms with Crippen LogP contribution in [-0.2, 0) is 0 Å². The normalized spacial score (nSPS) is 10.4. The lowest BCUT2D eigenvalue weighted by Gasteiger charge is -2.09. The van der Waals surface area contributed by atoms with Gasteiger partial charge in [-0.3, -0.25) is 4.79 Å². The molecule has 0 unspecified atom stereocenters. The maximum atomic E-state index is 12.4. The number of nitrogens with zero attached hydrogens (tertiary/aromatic N) is 2. The fraction of sp³-hybridized carbons (Fsp3) is 0.0625. The molecule has 0 aliphatic carbocycles. The zero-order chi connectivity index (χ0) is 15.4. The number of H-pyrrole nitrogens is 1. The standard InChI is InChI=1S/C16H14N4O2/c1-2-9-22-13-7-4-8-17-15(13)16(21)20-12-6-3-5-11-14(12)19-10-18-11/h2-8,10H,1,9H2,(H,18,19)(H,20,21). The van der Waals surface area contributed by atoms with Crippen LogP contribution < -0.4 is 10.1 Å². The van der Waals surface area contributed by atoms with E-state index in [0.717, 1.165) is 5.52 Å². The van der Waals surface area contributed by atoms with Crippen molar-refractivity contribution in [2.24, 2.45) is 0 Å². The second-order valence-corrected chi connectivity index (χ2v) is 4.51. The molecule has 22 heavy (non-hydrogen) atoms. The Morgan fingerprint density at radius 1 is 1.32 bits per heavy atom. The van der Waals surface area contributed by atoms with Gasteiger partial charge in [0.15, 0.2) is 11.4 Å². The summed E-state index contributed by atoms with van der Waals surface area (Å²) in [5, 5.41) is 2.81. The molecule has 2 N–H and O–H groups in total. The number of aromatic nitrogens is 3. The molecule has 0 radical (unpaired) electrons. The van der Waals surface area contributed by atoms with Crippen LogP contribution in [0.5, 0.6) is 5.75 Å². The first-order valence-corrected chi connectivity index (χ1v) is 6.72. The van der Waals surface area contributed by atoms with Gasteiger partial charge in [0.2, 0.25) is 0 Å². The molecule has 1 amide bonds. The third-order valence-corrected chi connectivity index (χ3v) is 3.04. The number of nitrogens with one attached hydrogen (secondary N) is 2. The van der Waals surface area contributed by atoms with E-state index in [1.807, 2.05) is 12.1 Å². The second kappa shape index (κ2) is 6.09. The molecule has 6 nitrogen and oxygen atoms in total. The van der Waals surface area contributed by atoms with Crippen LogP contribution in [0, 0.1) is 0 Å². The Labute approximate surface area is 126 Å². The number of benzene rings is 1. The monoisotopic (exact) mass is 294 g/mol. The summed E-state index contributed by atoms with van der Waals surface area (Å²) in [6, 6.07) is 8.92. The van der Waals surface area contributed by atoms with E-state index in [1.54, 1.807) is 36.8 Å². The molecule has 0 aliphatic heterocycles. The summed E-state index contributed by atoms with van der Waals surface area (Å²) >= 11 is 0. The fourth-order valence-electron chi connectivity index (χ4n) is 2.07. The predicted octanol–water partition coefficient (Wildman–Crippen LogP) is 2.78. The van der Waals surface area contributed by atoms with Gasteiger partial charge in [-0.15, -0.1) is 0 Å². The molecule has 0 atom stereocenters. The van der Waals surface area contributed by atoms with Crippen molar-refractivity contribution < 1.29 is 9.53 Å². The number of fused-ring (bicyclic) bond motifs is 1. The molecular weight excluding hydrogens is 280 g/mol. The second-order valence-electron chi connectivity index (χ2n) is 4.51. The van der Waals surface area contributed by atoms with E-state index in [4.69, 9.17) is 4.74 Å². The summed E-state index contributed by atoms with van der Waals surface area (Å²) in [6.07, 6.45) is 4.74. The van der Waals surface area contributed by atoms with Crippen molar-refractivity contribution in [1.82, 2.24) is 15.0 Å². The van der Waals surface area contributed by atoms with Gasteiger partial charge in [0.05, 0.1) is 17.5 Å². The molecule has 110 valence electrons. The smallest absolute Gasteiger partial charge is 0.278 e. The summed E-state index contributed by atoms with van der Waals surface area (Å²) in [7, 11) is 0. The fourth-order valence-corrected chi connectivity index (χ4v) is 2.07. The van der Waals surface area contributed by atoms with Crippen molar-refractivity contribution in [3.05, 3.63) is 61.2 Å². The lowest BCUT2D eigenvalue weighted by molar-refractivity contribution is 0.101. The molecule has 2 aromatic heterocycles. The van der Waals surface area contributed by atoms with Gasteiger partial charge in [-0.25, -0.2) is 9.97 Å². The molecule has 0 saturated carbocycles. The molecule has 1 aromatic carbocycles. The number of rotatable bonds is 5. The number of anilines is 1. The van der Waals surface area contributed by atoms with Crippen molar-refractivity contribution in [1.29, 1.82) is 0 Å². The SMILES string of the molecule is C=CCOc1cccnc1C(=O)Nc1cccc2[nH]cnc12. The molecular formula is C16H14N4O2. The third kappa shape index (κ3) is 2.67. The summed E-state index contributed by atoms with van der Waals surface area (Å²) in [5.41, 5.74) is 2.38. The Bertz CT molecular complexity index is 826. The van der Waals surface area contributed by atoms with E-state index in [-0.39, 0.29) is 11.6 Å². The molecule has 0 spiro atoms. The predicted molar refractivity (Wildman–Crippen MR) is 84.0 cm³/mol. The van der Waals surface area contributed by atoms with Crippen molar-refractivity contribution >= 4 is 22.6 Å². The van der Waals surface area contributed by atoms with Gasteiger partial charge in [0.1, 0.15) is 12.1 Å². The lowest BCUT2D eigenvalue weighted by Crippen LogP contribution is -2.15. The van der Waals surface area contributed by atoms with E-state index in [0.29, 0.717) is 23.6 Å². The van der Waals surface area contributed by atoms with E-state index in [9.17, 15) is 4.79 Å². The van der Waals surface area contributed by atoms with Gasteiger partial charge in [-0.05, 0) is 24.3 Å². The first kappa shape index (κ1) is 13.8. The number of ether oxygens (including phenoxy) is 1. The van der Waals surface area contributed by atoms with E-state index < -0.39 is 0 Å². The van der Waals surface area contributed by atoms with Crippen molar-refractivity contribution in [2.75, 3.05) is 11.9 Å². The van der Waals surface area contributed by atoms with Gasteiger partial charge in [-0.1, -0.05) is 18.7 Å². The minimum atomic E-state index is -0.352. The Morgan fingerprint density at radius 3 is 3.09 bits per heavy atom. The topological polar surface area (TPSA) is 79.9 Å². The Balaban J connectivity index is 1.89. The highest BCUT2D eigenvalue weighted by Gasteiger charge is 2.15.